The Hall–Kier alpha value is -1.58. The van der Waals surface area contributed by atoms with Crippen LogP contribution >= 0.6 is 0 Å². The lowest BCUT2D eigenvalue weighted by Gasteiger charge is -2.07. The molecule has 0 aliphatic heterocycles. The zero-order chi connectivity index (χ0) is 10.5. The standard InChI is InChI=1S/C11H14N4/c1-8-4-3-7-15-9(8)12-10(14-15)13-11(2)5-6-11/h3-4,7H,5-6H2,1-2H3,(H,13,14). The predicted octanol–water partition coefficient (Wildman–Crippen LogP) is 2.00. The highest BCUT2D eigenvalue weighted by atomic mass is 15.4. The number of aromatic nitrogens is 3. The molecule has 0 saturated heterocycles. The summed E-state index contributed by atoms with van der Waals surface area (Å²) in [6.07, 6.45) is 4.35. The Balaban J connectivity index is 2.02. The molecule has 1 aliphatic carbocycles. The summed E-state index contributed by atoms with van der Waals surface area (Å²) in [4.78, 5) is 4.48. The van der Waals surface area contributed by atoms with E-state index in [1.807, 2.05) is 29.8 Å². The van der Waals surface area contributed by atoms with E-state index in [9.17, 15) is 0 Å². The van der Waals surface area contributed by atoms with Gasteiger partial charge < -0.3 is 5.32 Å². The van der Waals surface area contributed by atoms with Crippen LogP contribution in [0.15, 0.2) is 18.3 Å². The summed E-state index contributed by atoms with van der Waals surface area (Å²) in [6.45, 7) is 4.25. The number of rotatable bonds is 2. The van der Waals surface area contributed by atoms with Gasteiger partial charge in [-0.25, -0.2) is 4.52 Å². The van der Waals surface area contributed by atoms with Gasteiger partial charge in [-0.05, 0) is 38.3 Å². The maximum Gasteiger partial charge on any atom is 0.243 e. The molecule has 2 aromatic heterocycles. The third-order valence-electron chi connectivity index (χ3n) is 2.97. The lowest BCUT2D eigenvalue weighted by molar-refractivity contribution is 0.806. The van der Waals surface area contributed by atoms with Crippen molar-refractivity contribution < 1.29 is 0 Å². The van der Waals surface area contributed by atoms with Crippen molar-refractivity contribution in [2.75, 3.05) is 5.32 Å². The Morgan fingerprint density at radius 1 is 1.47 bits per heavy atom. The number of hydrogen-bond donors (Lipinski definition) is 1. The zero-order valence-corrected chi connectivity index (χ0v) is 8.99. The van der Waals surface area contributed by atoms with Gasteiger partial charge in [0.15, 0.2) is 5.65 Å². The third kappa shape index (κ3) is 1.46. The van der Waals surface area contributed by atoms with Crippen molar-refractivity contribution >= 4 is 11.6 Å². The summed E-state index contributed by atoms with van der Waals surface area (Å²) in [5, 5.41) is 7.76. The molecule has 4 nitrogen and oxygen atoms in total. The fraction of sp³-hybridized carbons (Fsp3) is 0.455. The molecule has 0 spiro atoms. The predicted molar refractivity (Wildman–Crippen MR) is 59.0 cm³/mol. The molecule has 0 bridgehead atoms. The van der Waals surface area contributed by atoms with E-state index < -0.39 is 0 Å². The smallest absolute Gasteiger partial charge is 0.243 e. The highest BCUT2D eigenvalue weighted by Crippen LogP contribution is 2.37. The van der Waals surface area contributed by atoms with Crippen LogP contribution in [0.5, 0.6) is 0 Å². The molecule has 0 aromatic carbocycles. The Morgan fingerprint density at radius 3 is 2.93 bits per heavy atom. The molecular formula is C11H14N4. The molecule has 0 radical (unpaired) electrons. The molecule has 1 aliphatic rings. The van der Waals surface area contributed by atoms with E-state index in [1.165, 1.54) is 12.8 Å². The van der Waals surface area contributed by atoms with E-state index in [4.69, 9.17) is 0 Å². The fourth-order valence-electron chi connectivity index (χ4n) is 1.67. The van der Waals surface area contributed by atoms with E-state index in [1.54, 1.807) is 0 Å². The van der Waals surface area contributed by atoms with Crippen LogP contribution in [0, 0.1) is 6.92 Å². The number of fused-ring (bicyclic) bond motifs is 1. The van der Waals surface area contributed by atoms with E-state index >= 15 is 0 Å². The monoisotopic (exact) mass is 202 g/mol. The minimum Gasteiger partial charge on any atom is -0.348 e. The number of pyridine rings is 1. The highest BCUT2D eigenvalue weighted by Gasteiger charge is 2.38. The van der Waals surface area contributed by atoms with Crippen molar-refractivity contribution in [3.05, 3.63) is 23.9 Å². The molecule has 1 N–H and O–H groups in total. The van der Waals surface area contributed by atoms with Gasteiger partial charge in [-0.1, -0.05) is 6.07 Å². The quantitative estimate of drug-likeness (QED) is 0.810. The average molecular weight is 202 g/mol. The summed E-state index contributed by atoms with van der Waals surface area (Å²) in [5.74, 6) is 0.740. The summed E-state index contributed by atoms with van der Waals surface area (Å²) in [7, 11) is 0. The fourth-order valence-corrected chi connectivity index (χ4v) is 1.67. The van der Waals surface area contributed by atoms with Gasteiger partial charge in [0.05, 0.1) is 0 Å². The summed E-state index contributed by atoms with van der Waals surface area (Å²) >= 11 is 0. The van der Waals surface area contributed by atoms with Crippen LogP contribution in [-0.4, -0.2) is 20.1 Å². The van der Waals surface area contributed by atoms with Gasteiger partial charge in [0, 0.05) is 11.7 Å². The molecule has 2 heterocycles. The molecule has 2 aromatic rings. The maximum atomic E-state index is 4.48. The molecule has 1 fully saturated rings. The molecule has 0 amide bonds. The van der Waals surface area contributed by atoms with Gasteiger partial charge >= 0.3 is 0 Å². The Bertz CT molecular complexity index is 510. The van der Waals surface area contributed by atoms with Crippen molar-refractivity contribution in [1.82, 2.24) is 14.6 Å². The van der Waals surface area contributed by atoms with Gasteiger partial charge in [-0.3, -0.25) is 0 Å². The highest BCUT2D eigenvalue weighted by molar-refractivity contribution is 5.50. The van der Waals surface area contributed by atoms with Crippen LogP contribution in [0.4, 0.5) is 5.95 Å². The average Bonchev–Trinajstić information content (AvgIpc) is 2.77. The third-order valence-corrected chi connectivity index (χ3v) is 2.97. The van der Waals surface area contributed by atoms with E-state index in [2.05, 4.69) is 22.3 Å². The first-order valence-electron chi connectivity index (χ1n) is 5.27. The minimum absolute atomic E-state index is 0.235. The number of hydrogen-bond acceptors (Lipinski definition) is 3. The summed E-state index contributed by atoms with van der Waals surface area (Å²) < 4.78 is 1.82. The van der Waals surface area contributed by atoms with Crippen LogP contribution in [-0.2, 0) is 0 Å². The van der Waals surface area contributed by atoms with Crippen molar-refractivity contribution in [1.29, 1.82) is 0 Å². The van der Waals surface area contributed by atoms with Crippen molar-refractivity contribution in [2.45, 2.75) is 32.2 Å². The Kier molecular flexibility index (Phi) is 1.58. The summed E-state index contributed by atoms with van der Waals surface area (Å²) in [5.41, 5.74) is 2.32. The first kappa shape index (κ1) is 8.71. The lowest BCUT2D eigenvalue weighted by Crippen LogP contribution is -2.16. The second-order valence-electron chi connectivity index (χ2n) is 4.58. The number of anilines is 1. The van der Waals surface area contributed by atoms with Crippen molar-refractivity contribution in [2.24, 2.45) is 0 Å². The number of nitrogens with one attached hydrogen (secondary N) is 1. The molecule has 0 atom stereocenters. The van der Waals surface area contributed by atoms with Crippen LogP contribution in [0.25, 0.3) is 5.65 Å². The van der Waals surface area contributed by atoms with E-state index in [0.717, 1.165) is 17.2 Å². The van der Waals surface area contributed by atoms with E-state index in [0.29, 0.717) is 0 Å². The molecule has 3 rings (SSSR count). The largest absolute Gasteiger partial charge is 0.348 e. The van der Waals surface area contributed by atoms with Crippen LogP contribution in [0.1, 0.15) is 25.3 Å². The number of nitrogens with zero attached hydrogens (tertiary/aromatic N) is 3. The Morgan fingerprint density at radius 2 is 2.27 bits per heavy atom. The first-order chi connectivity index (χ1) is 7.16. The SMILES string of the molecule is Cc1cccn2nc(NC3(C)CC3)nc12. The molecule has 1 saturated carbocycles. The second-order valence-corrected chi connectivity index (χ2v) is 4.58. The van der Waals surface area contributed by atoms with Gasteiger partial charge in [0.25, 0.3) is 0 Å². The van der Waals surface area contributed by atoms with Gasteiger partial charge in [0.2, 0.25) is 5.95 Å². The topological polar surface area (TPSA) is 42.2 Å². The number of aryl methyl sites for hydroxylation is 1. The molecule has 78 valence electrons. The van der Waals surface area contributed by atoms with Gasteiger partial charge in [-0.2, -0.15) is 4.98 Å². The first-order valence-corrected chi connectivity index (χ1v) is 5.27. The maximum absolute atomic E-state index is 4.48. The molecule has 4 heteroatoms. The molecule has 15 heavy (non-hydrogen) atoms. The second kappa shape index (κ2) is 2.72. The minimum atomic E-state index is 0.235. The lowest BCUT2D eigenvalue weighted by atomic mass is 10.3. The van der Waals surface area contributed by atoms with Crippen molar-refractivity contribution in [3.8, 4) is 0 Å². The molecule has 0 unspecified atom stereocenters. The van der Waals surface area contributed by atoms with Gasteiger partial charge in [-0.15, -0.1) is 5.10 Å². The van der Waals surface area contributed by atoms with Crippen LogP contribution in [0.2, 0.25) is 0 Å². The van der Waals surface area contributed by atoms with Crippen molar-refractivity contribution in [3.63, 3.8) is 0 Å². The zero-order valence-electron chi connectivity index (χ0n) is 8.99. The summed E-state index contributed by atoms with van der Waals surface area (Å²) in [6, 6.07) is 4.03. The van der Waals surface area contributed by atoms with E-state index in [-0.39, 0.29) is 5.54 Å². The van der Waals surface area contributed by atoms with Gasteiger partial charge in [0.1, 0.15) is 0 Å². The normalized spacial score (nSPS) is 18.0. The van der Waals surface area contributed by atoms with Crippen LogP contribution in [0.3, 0.4) is 0 Å². The molecular weight excluding hydrogens is 188 g/mol. The Labute approximate surface area is 88.3 Å². The van der Waals surface area contributed by atoms with Crippen LogP contribution < -0.4 is 5.32 Å².